The summed E-state index contributed by atoms with van der Waals surface area (Å²) >= 11 is 0. The number of halogens is 1. The second-order valence-electron chi connectivity index (χ2n) is 8.64. The second-order valence-corrected chi connectivity index (χ2v) is 8.64. The van der Waals surface area contributed by atoms with E-state index in [2.05, 4.69) is 45.9 Å². The number of ether oxygens (including phenoxy) is 1. The van der Waals surface area contributed by atoms with E-state index in [1.54, 1.807) is 0 Å². The minimum Gasteiger partial charge on any atom is -0.444 e. The van der Waals surface area contributed by atoms with E-state index in [-0.39, 0.29) is 36.1 Å². The van der Waals surface area contributed by atoms with Crippen LogP contribution in [0.5, 0.6) is 0 Å². The van der Waals surface area contributed by atoms with Crippen molar-refractivity contribution in [2.75, 3.05) is 19.6 Å². The summed E-state index contributed by atoms with van der Waals surface area (Å²) in [7, 11) is 0. The molecule has 2 rings (SSSR count). The maximum Gasteiger partial charge on any atom is 0.407 e. The van der Waals surface area contributed by atoms with Gasteiger partial charge in [0.1, 0.15) is 18.0 Å². The Bertz CT molecular complexity index is 668. The van der Waals surface area contributed by atoms with Crippen LogP contribution in [0.15, 0.2) is 17.4 Å². The van der Waals surface area contributed by atoms with E-state index in [0.29, 0.717) is 19.0 Å². The number of rotatable bonds is 6. The van der Waals surface area contributed by atoms with Crippen molar-refractivity contribution in [3.63, 3.8) is 0 Å². The molecule has 1 aliphatic rings. The molecule has 1 aromatic rings. The number of likely N-dealkylation sites (tertiary alicyclic amines) is 1. The molecule has 9 heteroatoms. The van der Waals surface area contributed by atoms with Gasteiger partial charge in [-0.2, -0.15) is 0 Å². The predicted octanol–water partition coefficient (Wildman–Crippen LogP) is 3.22. The molecule has 1 saturated heterocycles. The van der Waals surface area contributed by atoms with Crippen molar-refractivity contribution in [2.24, 2.45) is 10.9 Å². The van der Waals surface area contributed by atoms with Gasteiger partial charge >= 0.3 is 6.09 Å². The Morgan fingerprint density at radius 2 is 2.14 bits per heavy atom. The minimum atomic E-state index is -0.489. The molecule has 0 aromatic carbocycles. The van der Waals surface area contributed by atoms with Crippen LogP contribution in [0.1, 0.15) is 53.8 Å². The maximum atomic E-state index is 12.0. The van der Waals surface area contributed by atoms with E-state index < -0.39 is 5.60 Å². The largest absolute Gasteiger partial charge is 0.444 e. The lowest BCUT2D eigenvalue weighted by Crippen LogP contribution is -2.44. The van der Waals surface area contributed by atoms with Gasteiger partial charge in [0.2, 0.25) is 0 Å². The van der Waals surface area contributed by atoms with Gasteiger partial charge in [-0.1, -0.05) is 13.8 Å². The number of carbonyl (C=O) groups is 1. The number of hydrogen-bond acceptors (Lipinski definition) is 4. The fraction of sp³-hybridized carbons (Fsp3) is 0.750. The van der Waals surface area contributed by atoms with Gasteiger partial charge in [-0.25, -0.2) is 14.8 Å². The first-order chi connectivity index (χ1) is 13.2. The molecule has 0 radical (unpaired) electrons. The third kappa shape index (κ3) is 8.79. The molecule has 0 aliphatic carbocycles. The molecule has 0 spiro atoms. The Kier molecular flexibility index (Phi) is 10.2. The highest BCUT2D eigenvalue weighted by Gasteiger charge is 2.27. The predicted molar refractivity (Wildman–Crippen MR) is 127 cm³/mol. The van der Waals surface area contributed by atoms with Crippen LogP contribution in [-0.4, -0.2) is 57.8 Å². The molecule has 2 heterocycles. The van der Waals surface area contributed by atoms with Gasteiger partial charge < -0.3 is 24.8 Å². The highest BCUT2D eigenvalue weighted by Crippen LogP contribution is 2.13. The van der Waals surface area contributed by atoms with Crippen molar-refractivity contribution in [2.45, 2.75) is 72.7 Å². The lowest BCUT2D eigenvalue weighted by atomic mass is 10.2. The van der Waals surface area contributed by atoms with Crippen molar-refractivity contribution in [3.8, 4) is 0 Å². The standard InChI is InChI=1S/C20H36N6O2.HI/c1-7-21-18(23-12-17-22-9-11-25(17)13-15(2)3)26-10-8-16(14-26)24-19(27)28-20(4,5)6;/h9,11,15-16H,7-8,10,12-14H2,1-6H3,(H,21,23)(H,24,27);1H. The first-order valence-corrected chi connectivity index (χ1v) is 10.2. The molecule has 0 bridgehead atoms. The summed E-state index contributed by atoms with van der Waals surface area (Å²) in [4.78, 5) is 23.4. The van der Waals surface area contributed by atoms with Crippen LogP contribution in [0.3, 0.4) is 0 Å². The number of carbonyl (C=O) groups excluding carboxylic acids is 1. The van der Waals surface area contributed by atoms with Crippen LogP contribution in [0, 0.1) is 5.92 Å². The number of amides is 1. The smallest absolute Gasteiger partial charge is 0.407 e. The molecule has 1 amide bonds. The molecule has 29 heavy (non-hydrogen) atoms. The molecule has 1 aromatic heterocycles. The summed E-state index contributed by atoms with van der Waals surface area (Å²) < 4.78 is 7.52. The van der Waals surface area contributed by atoms with E-state index in [0.717, 1.165) is 37.8 Å². The van der Waals surface area contributed by atoms with Crippen molar-refractivity contribution in [1.82, 2.24) is 25.1 Å². The van der Waals surface area contributed by atoms with E-state index in [1.807, 2.05) is 33.2 Å². The first kappa shape index (κ1) is 25.5. The van der Waals surface area contributed by atoms with Crippen LogP contribution in [0.2, 0.25) is 0 Å². The van der Waals surface area contributed by atoms with Gasteiger partial charge in [-0.3, -0.25) is 0 Å². The van der Waals surface area contributed by atoms with Gasteiger partial charge in [0.25, 0.3) is 0 Å². The monoisotopic (exact) mass is 520 g/mol. The van der Waals surface area contributed by atoms with E-state index in [9.17, 15) is 4.79 Å². The normalized spacial score (nSPS) is 17.3. The summed E-state index contributed by atoms with van der Waals surface area (Å²) in [6, 6.07) is 0.0571. The van der Waals surface area contributed by atoms with Gasteiger partial charge in [-0.15, -0.1) is 24.0 Å². The molecule has 8 nitrogen and oxygen atoms in total. The fourth-order valence-corrected chi connectivity index (χ4v) is 3.17. The summed E-state index contributed by atoms with van der Waals surface area (Å²) in [5, 5.41) is 6.31. The third-order valence-electron chi connectivity index (χ3n) is 4.28. The number of nitrogens with zero attached hydrogens (tertiary/aromatic N) is 4. The Hall–Kier alpha value is -1.52. The second kappa shape index (κ2) is 11.6. The quantitative estimate of drug-likeness (QED) is 0.342. The summed E-state index contributed by atoms with van der Waals surface area (Å²) in [5.41, 5.74) is -0.489. The molecule has 1 fully saturated rings. The summed E-state index contributed by atoms with van der Waals surface area (Å²) in [6.07, 6.45) is 4.34. The van der Waals surface area contributed by atoms with Gasteiger partial charge in [0, 0.05) is 38.6 Å². The summed E-state index contributed by atoms with van der Waals surface area (Å²) in [5.74, 6) is 2.38. The zero-order valence-corrected chi connectivity index (χ0v) is 20.9. The van der Waals surface area contributed by atoms with Crippen LogP contribution in [0.25, 0.3) is 0 Å². The lowest BCUT2D eigenvalue weighted by molar-refractivity contribution is 0.0507. The number of aromatic nitrogens is 2. The number of hydrogen-bond donors (Lipinski definition) is 2. The maximum absolute atomic E-state index is 12.0. The van der Waals surface area contributed by atoms with Crippen LogP contribution in [0.4, 0.5) is 4.79 Å². The van der Waals surface area contributed by atoms with Gasteiger partial charge in [0.15, 0.2) is 5.96 Å². The summed E-state index contributed by atoms with van der Waals surface area (Å²) in [6.45, 7) is 15.9. The number of imidazole rings is 1. The Morgan fingerprint density at radius 1 is 1.41 bits per heavy atom. The topological polar surface area (TPSA) is 83.8 Å². The molecule has 1 atom stereocenters. The molecule has 1 aliphatic heterocycles. The minimum absolute atomic E-state index is 0. The molecule has 2 N–H and O–H groups in total. The molecule has 166 valence electrons. The number of nitrogens with one attached hydrogen (secondary N) is 2. The van der Waals surface area contributed by atoms with Crippen molar-refractivity contribution in [3.05, 3.63) is 18.2 Å². The molecule has 1 unspecified atom stereocenters. The Labute approximate surface area is 191 Å². The fourth-order valence-electron chi connectivity index (χ4n) is 3.17. The Balaban J connectivity index is 0.00000420. The van der Waals surface area contributed by atoms with Crippen molar-refractivity contribution < 1.29 is 9.53 Å². The number of aliphatic imine (C=N–C) groups is 1. The Morgan fingerprint density at radius 3 is 2.76 bits per heavy atom. The zero-order chi connectivity index (χ0) is 20.7. The van der Waals surface area contributed by atoms with Crippen molar-refractivity contribution in [1.29, 1.82) is 0 Å². The van der Waals surface area contributed by atoms with Crippen molar-refractivity contribution >= 4 is 36.0 Å². The van der Waals surface area contributed by atoms with E-state index in [4.69, 9.17) is 9.73 Å². The SMILES string of the molecule is CCNC(=NCc1nccn1CC(C)C)N1CCC(NC(=O)OC(C)(C)C)C1.I. The number of alkyl carbamates (subject to hydrolysis) is 1. The average Bonchev–Trinajstić information content (AvgIpc) is 3.18. The molecule has 0 saturated carbocycles. The molecular formula is C20H37IN6O2. The number of guanidine groups is 1. The van der Waals surface area contributed by atoms with E-state index in [1.165, 1.54) is 0 Å². The highest BCUT2D eigenvalue weighted by molar-refractivity contribution is 14.0. The average molecular weight is 520 g/mol. The van der Waals surface area contributed by atoms with Crippen LogP contribution in [-0.2, 0) is 17.8 Å². The lowest BCUT2D eigenvalue weighted by Gasteiger charge is -2.23. The first-order valence-electron chi connectivity index (χ1n) is 10.2. The molecular weight excluding hydrogens is 483 g/mol. The zero-order valence-electron chi connectivity index (χ0n) is 18.6. The van der Waals surface area contributed by atoms with Crippen LogP contribution < -0.4 is 10.6 Å². The van der Waals surface area contributed by atoms with Crippen LogP contribution >= 0.6 is 24.0 Å². The highest BCUT2D eigenvalue weighted by atomic mass is 127. The van der Waals surface area contributed by atoms with Gasteiger partial charge in [0.05, 0.1) is 6.04 Å². The van der Waals surface area contributed by atoms with Gasteiger partial charge in [-0.05, 0) is 40.0 Å². The van der Waals surface area contributed by atoms with E-state index >= 15 is 0 Å². The third-order valence-corrected chi connectivity index (χ3v) is 4.28.